The first-order chi connectivity index (χ1) is 22.2. The summed E-state index contributed by atoms with van der Waals surface area (Å²) in [4.78, 5) is 54.5. The highest BCUT2D eigenvalue weighted by molar-refractivity contribution is 5.97. The molecule has 0 bridgehead atoms. The second-order valence-corrected chi connectivity index (χ2v) is 13.1. The summed E-state index contributed by atoms with van der Waals surface area (Å²) in [5, 5.41) is 15.1. The van der Waals surface area contributed by atoms with E-state index in [9.17, 15) is 28.7 Å². The lowest BCUT2D eigenvalue weighted by Crippen LogP contribution is -2.49. The molecule has 47 heavy (non-hydrogen) atoms. The average molecular weight is 651 g/mol. The van der Waals surface area contributed by atoms with Crippen LogP contribution in [0.4, 0.5) is 8.78 Å². The zero-order valence-electron chi connectivity index (χ0n) is 27.8. The average Bonchev–Trinajstić information content (AvgIpc) is 3.82. The summed E-state index contributed by atoms with van der Waals surface area (Å²) in [7, 11) is 2.00. The van der Waals surface area contributed by atoms with Crippen molar-refractivity contribution in [3.8, 4) is 11.1 Å². The molecule has 3 aromatic rings. The highest BCUT2D eigenvalue weighted by atomic mass is 19.1. The Kier molecular flexibility index (Phi) is 11.3. The first kappa shape index (κ1) is 35.5. The molecule has 0 unspecified atom stereocenters. The number of carboxylic acids is 1. The molecule has 0 radical (unpaired) electrons. The van der Waals surface area contributed by atoms with E-state index in [4.69, 9.17) is 0 Å². The van der Waals surface area contributed by atoms with Crippen molar-refractivity contribution < 1.29 is 28.3 Å². The molecule has 2 atom stereocenters. The Balaban J connectivity index is 1.61. The maximum absolute atomic E-state index is 15.7. The van der Waals surface area contributed by atoms with Crippen molar-refractivity contribution >= 4 is 17.8 Å². The van der Waals surface area contributed by atoms with Crippen LogP contribution in [-0.4, -0.2) is 58.0 Å². The van der Waals surface area contributed by atoms with E-state index in [2.05, 4.69) is 15.5 Å². The van der Waals surface area contributed by atoms with Gasteiger partial charge in [0.05, 0.1) is 12.5 Å². The molecule has 0 saturated heterocycles. The molecule has 0 aliphatic heterocycles. The topological polar surface area (TPSA) is 121 Å². The number of pyridine rings is 1. The number of likely N-dealkylation sites (N-methyl/N-ethyl adjacent to an activating group) is 1. The van der Waals surface area contributed by atoms with Gasteiger partial charge in [0.25, 0.3) is 11.5 Å². The highest BCUT2D eigenvalue weighted by Crippen LogP contribution is 2.34. The number of aliphatic carboxylic acids is 1. The molecule has 3 N–H and O–H groups in total. The third-order valence-electron chi connectivity index (χ3n) is 8.60. The fraction of sp³-hybridized carbons (Fsp3) is 0.444. The van der Waals surface area contributed by atoms with E-state index in [0.29, 0.717) is 41.4 Å². The number of rotatable bonds is 14. The SMILES string of the molecule is Cc1cc(-c2c(C)cc(F)cc2C)cc([C@H](CC(=O)O)NC(=O)[C@H](CC(C)C)NC(=O)c2cccn(CCN(C)C3CC3)c2=O)c1F. The second kappa shape index (κ2) is 15.0. The lowest BCUT2D eigenvalue weighted by Gasteiger charge is -2.25. The molecule has 2 amide bonds. The van der Waals surface area contributed by atoms with E-state index in [-0.39, 0.29) is 29.0 Å². The van der Waals surface area contributed by atoms with Gasteiger partial charge in [0.2, 0.25) is 5.91 Å². The normalized spacial score (nSPS) is 14.3. The fourth-order valence-electron chi connectivity index (χ4n) is 6.03. The smallest absolute Gasteiger partial charge is 0.305 e. The zero-order chi connectivity index (χ0) is 34.6. The molecular formula is C36H44F2N4O5. The van der Waals surface area contributed by atoms with Gasteiger partial charge >= 0.3 is 5.97 Å². The molecule has 1 fully saturated rings. The summed E-state index contributed by atoms with van der Waals surface area (Å²) in [5.74, 6) is -3.87. The number of aromatic nitrogens is 1. The van der Waals surface area contributed by atoms with E-state index in [0.717, 1.165) is 12.8 Å². The number of hydrogen-bond donors (Lipinski definition) is 3. The van der Waals surface area contributed by atoms with Gasteiger partial charge in [-0.1, -0.05) is 13.8 Å². The predicted octanol–water partition coefficient (Wildman–Crippen LogP) is 5.29. The van der Waals surface area contributed by atoms with Gasteiger partial charge < -0.3 is 25.2 Å². The molecule has 1 aliphatic rings. The molecule has 2 aromatic carbocycles. The highest BCUT2D eigenvalue weighted by Gasteiger charge is 2.30. The maximum Gasteiger partial charge on any atom is 0.305 e. The summed E-state index contributed by atoms with van der Waals surface area (Å²) in [6, 6.07) is 6.92. The number of carbonyl (C=O) groups is 3. The Bertz CT molecular complexity index is 1690. The minimum Gasteiger partial charge on any atom is -0.481 e. The van der Waals surface area contributed by atoms with Crippen molar-refractivity contribution in [3.63, 3.8) is 0 Å². The number of aryl methyl sites for hydroxylation is 3. The van der Waals surface area contributed by atoms with Crippen LogP contribution in [-0.2, 0) is 16.1 Å². The largest absolute Gasteiger partial charge is 0.481 e. The minimum atomic E-state index is -1.29. The molecule has 1 aromatic heterocycles. The van der Waals surface area contributed by atoms with Crippen LogP contribution in [0.3, 0.4) is 0 Å². The molecule has 1 saturated carbocycles. The van der Waals surface area contributed by atoms with Crippen LogP contribution in [0.2, 0.25) is 0 Å². The Hall–Kier alpha value is -4.38. The summed E-state index contributed by atoms with van der Waals surface area (Å²) in [6.07, 6.45) is 3.43. The van der Waals surface area contributed by atoms with Crippen molar-refractivity contribution in [1.82, 2.24) is 20.1 Å². The van der Waals surface area contributed by atoms with Gasteiger partial charge in [-0.05, 0) is 117 Å². The van der Waals surface area contributed by atoms with Crippen molar-refractivity contribution in [2.45, 2.75) is 85.0 Å². The number of benzene rings is 2. The number of carboxylic acid groups (broad SMARTS) is 1. The van der Waals surface area contributed by atoms with Gasteiger partial charge in [-0.2, -0.15) is 0 Å². The van der Waals surface area contributed by atoms with E-state index >= 15 is 4.39 Å². The summed E-state index contributed by atoms with van der Waals surface area (Å²) < 4.78 is 31.2. The predicted molar refractivity (Wildman–Crippen MR) is 176 cm³/mol. The number of amides is 2. The quantitative estimate of drug-likeness (QED) is 0.218. The van der Waals surface area contributed by atoms with Crippen molar-refractivity contribution in [2.24, 2.45) is 5.92 Å². The summed E-state index contributed by atoms with van der Waals surface area (Å²) in [6.45, 7) is 9.76. The number of nitrogens with zero attached hydrogens (tertiary/aromatic N) is 2. The lowest BCUT2D eigenvalue weighted by molar-refractivity contribution is -0.137. The lowest BCUT2D eigenvalue weighted by atomic mass is 9.90. The number of hydrogen-bond acceptors (Lipinski definition) is 5. The molecule has 252 valence electrons. The van der Waals surface area contributed by atoms with Crippen LogP contribution in [0.1, 0.15) is 78.2 Å². The van der Waals surface area contributed by atoms with Crippen molar-refractivity contribution in [2.75, 3.05) is 13.6 Å². The number of carbonyl (C=O) groups excluding carboxylic acids is 2. The molecule has 4 rings (SSSR count). The van der Waals surface area contributed by atoms with Gasteiger partial charge in [-0.15, -0.1) is 0 Å². The molecule has 0 spiro atoms. The van der Waals surface area contributed by atoms with E-state index < -0.39 is 53.5 Å². The van der Waals surface area contributed by atoms with Crippen LogP contribution >= 0.6 is 0 Å². The molecule has 9 nitrogen and oxygen atoms in total. The summed E-state index contributed by atoms with van der Waals surface area (Å²) >= 11 is 0. The van der Waals surface area contributed by atoms with E-state index in [1.54, 1.807) is 32.2 Å². The minimum absolute atomic E-state index is 0.0457. The van der Waals surface area contributed by atoms with E-state index in [1.165, 1.54) is 35.8 Å². The zero-order valence-corrected chi connectivity index (χ0v) is 27.8. The van der Waals surface area contributed by atoms with Crippen LogP contribution in [0, 0.1) is 38.3 Å². The van der Waals surface area contributed by atoms with Crippen LogP contribution in [0.15, 0.2) is 47.4 Å². The number of halogens is 2. The third kappa shape index (κ3) is 8.91. The van der Waals surface area contributed by atoms with Crippen LogP contribution in [0.5, 0.6) is 0 Å². The van der Waals surface area contributed by atoms with Gasteiger partial charge in [0, 0.05) is 30.9 Å². The Morgan fingerprint density at radius 3 is 2.28 bits per heavy atom. The maximum atomic E-state index is 15.7. The third-order valence-corrected chi connectivity index (χ3v) is 8.60. The Labute approximate surface area is 274 Å². The van der Waals surface area contributed by atoms with Gasteiger partial charge in [-0.3, -0.25) is 19.2 Å². The van der Waals surface area contributed by atoms with Crippen molar-refractivity contribution in [3.05, 3.63) is 92.4 Å². The first-order valence-corrected chi connectivity index (χ1v) is 16.0. The van der Waals surface area contributed by atoms with Gasteiger partial charge in [0.15, 0.2) is 0 Å². The molecule has 11 heteroatoms. The van der Waals surface area contributed by atoms with Crippen LogP contribution < -0.4 is 16.2 Å². The van der Waals surface area contributed by atoms with Crippen LogP contribution in [0.25, 0.3) is 11.1 Å². The standard InChI is InChI=1S/C36H44F2N4O5/c1-20(2)14-30(40-34(45)27-8-7-11-42(36(27)47)13-12-41(6)26-9-10-26)35(46)39-29(19-31(43)44)28-18-24(15-23(5)33(28)38)32-21(3)16-25(37)17-22(32)4/h7-8,11,15-18,20,26,29-30H,9-10,12-14,19H2,1-6H3,(H,39,46)(H,40,45)(H,43,44)/t29-,30-/m0/s1. The number of nitrogens with one attached hydrogen (secondary N) is 2. The second-order valence-electron chi connectivity index (χ2n) is 13.1. The molecular weight excluding hydrogens is 606 g/mol. The van der Waals surface area contributed by atoms with Crippen molar-refractivity contribution in [1.29, 1.82) is 0 Å². The van der Waals surface area contributed by atoms with E-state index in [1.807, 2.05) is 20.9 Å². The molecule has 1 heterocycles. The Morgan fingerprint density at radius 1 is 1.02 bits per heavy atom. The monoisotopic (exact) mass is 650 g/mol. The Morgan fingerprint density at radius 2 is 1.68 bits per heavy atom. The summed E-state index contributed by atoms with van der Waals surface area (Å²) in [5.41, 5.74) is 2.03. The van der Waals surface area contributed by atoms with Gasteiger partial charge in [0.1, 0.15) is 23.2 Å². The first-order valence-electron chi connectivity index (χ1n) is 16.0. The van der Waals surface area contributed by atoms with Gasteiger partial charge in [-0.25, -0.2) is 8.78 Å². The fourth-order valence-corrected chi connectivity index (χ4v) is 6.03. The molecule has 1 aliphatic carbocycles.